The number of hydrogen-bond acceptors (Lipinski definition) is 4. The summed E-state index contributed by atoms with van der Waals surface area (Å²) in [6.07, 6.45) is 0.194. The molecule has 29 heavy (non-hydrogen) atoms. The predicted octanol–water partition coefficient (Wildman–Crippen LogP) is 3.76. The van der Waals surface area contributed by atoms with E-state index in [0.717, 1.165) is 5.56 Å². The van der Waals surface area contributed by atoms with Crippen LogP contribution in [0.5, 0.6) is 11.5 Å². The van der Waals surface area contributed by atoms with Crippen molar-refractivity contribution >= 4 is 29.1 Å². The van der Waals surface area contributed by atoms with Crippen molar-refractivity contribution in [2.24, 2.45) is 5.92 Å². The van der Waals surface area contributed by atoms with Gasteiger partial charge in [0.1, 0.15) is 0 Å². The number of anilines is 1. The van der Waals surface area contributed by atoms with Crippen LogP contribution in [0.1, 0.15) is 18.9 Å². The molecule has 0 aliphatic carbocycles. The fourth-order valence-corrected chi connectivity index (χ4v) is 3.79. The van der Waals surface area contributed by atoms with Gasteiger partial charge in [-0.05, 0) is 36.8 Å². The minimum atomic E-state index is -0.380. The first-order chi connectivity index (χ1) is 14.0. The molecule has 0 N–H and O–H groups in total. The summed E-state index contributed by atoms with van der Waals surface area (Å²) in [5, 5.41) is 0.640. The van der Waals surface area contributed by atoms with Gasteiger partial charge < -0.3 is 19.3 Å². The second-order valence-corrected chi connectivity index (χ2v) is 7.36. The smallest absolute Gasteiger partial charge is 0.228 e. The summed E-state index contributed by atoms with van der Waals surface area (Å²) in [5.74, 6) is 0.658. The molecule has 2 aromatic carbocycles. The van der Waals surface area contributed by atoms with Gasteiger partial charge in [-0.25, -0.2) is 0 Å². The number of ether oxygens (including phenoxy) is 2. The fourth-order valence-electron chi connectivity index (χ4n) is 3.57. The number of hydrogen-bond donors (Lipinski definition) is 0. The highest BCUT2D eigenvalue weighted by atomic mass is 35.5. The summed E-state index contributed by atoms with van der Waals surface area (Å²) < 4.78 is 10.6. The molecule has 0 spiro atoms. The lowest BCUT2D eigenvalue weighted by molar-refractivity contribution is -0.136. The maximum Gasteiger partial charge on any atom is 0.228 e. The van der Waals surface area contributed by atoms with Crippen molar-refractivity contribution in [3.63, 3.8) is 0 Å². The van der Waals surface area contributed by atoms with E-state index in [4.69, 9.17) is 21.1 Å². The van der Waals surface area contributed by atoms with Crippen molar-refractivity contribution in [3.8, 4) is 11.5 Å². The Balaban J connectivity index is 1.73. The Morgan fingerprint density at radius 3 is 2.59 bits per heavy atom. The van der Waals surface area contributed by atoms with Gasteiger partial charge in [-0.1, -0.05) is 23.7 Å². The van der Waals surface area contributed by atoms with E-state index in [-0.39, 0.29) is 24.2 Å². The molecular formula is C22H25ClN2O4. The van der Waals surface area contributed by atoms with Gasteiger partial charge in [0.2, 0.25) is 11.8 Å². The zero-order chi connectivity index (χ0) is 21.0. The normalized spacial score (nSPS) is 16.1. The van der Waals surface area contributed by atoms with E-state index in [0.29, 0.717) is 41.8 Å². The van der Waals surface area contributed by atoms with Gasteiger partial charge in [0.05, 0.1) is 20.1 Å². The molecular weight excluding hydrogens is 392 g/mol. The summed E-state index contributed by atoms with van der Waals surface area (Å²) in [6, 6.07) is 12.8. The first-order valence-electron chi connectivity index (χ1n) is 9.52. The molecule has 1 heterocycles. The minimum absolute atomic E-state index is 0.0243. The maximum absolute atomic E-state index is 13.1. The van der Waals surface area contributed by atoms with Crippen LogP contribution in [0.2, 0.25) is 5.02 Å². The number of benzene rings is 2. The Morgan fingerprint density at radius 1 is 1.17 bits per heavy atom. The summed E-state index contributed by atoms with van der Waals surface area (Å²) in [6.45, 7) is 3.31. The lowest BCUT2D eigenvalue weighted by atomic mass is 10.1. The number of carbonyl (C=O) groups excluding carboxylic acids is 2. The summed E-state index contributed by atoms with van der Waals surface area (Å²) in [4.78, 5) is 29.1. The van der Waals surface area contributed by atoms with Crippen LogP contribution in [0.4, 0.5) is 5.69 Å². The standard InChI is InChI=1S/C22H25ClN2O4/c1-4-24(13-15-6-5-7-17(23)10-15)22(27)16-11-21(26)25(14-16)18-8-9-19(28-2)20(12-18)29-3/h5-10,12,16H,4,11,13-14H2,1-3H3. The van der Waals surface area contributed by atoms with Crippen molar-refractivity contribution in [1.82, 2.24) is 4.90 Å². The van der Waals surface area contributed by atoms with Crippen LogP contribution in [-0.2, 0) is 16.1 Å². The average Bonchev–Trinajstić information content (AvgIpc) is 3.12. The third kappa shape index (κ3) is 4.65. The second-order valence-electron chi connectivity index (χ2n) is 6.93. The molecule has 7 heteroatoms. The number of halogens is 1. The van der Waals surface area contributed by atoms with Crippen LogP contribution in [0.15, 0.2) is 42.5 Å². The Morgan fingerprint density at radius 2 is 1.93 bits per heavy atom. The quantitative estimate of drug-likeness (QED) is 0.689. The van der Waals surface area contributed by atoms with E-state index >= 15 is 0 Å². The van der Waals surface area contributed by atoms with Gasteiger partial charge >= 0.3 is 0 Å². The van der Waals surface area contributed by atoms with Crippen LogP contribution in [0.3, 0.4) is 0 Å². The molecule has 3 rings (SSSR count). The molecule has 154 valence electrons. The Kier molecular flexibility index (Phi) is 6.64. The largest absolute Gasteiger partial charge is 0.493 e. The van der Waals surface area contributed by atoms with Crippen molar-refractivity contribution in [2.45, 2.75) is 19.9 Å². The van der Waals surface area contributed by atoms with Gasteiger partial charge in [0, 0.05) is 42.8 Å². The molecule has 1 aliphatic heterocycles. The van der Waals surface area contributed by atoms with E-state index in [1.165, 1.54) is 0 Å². The zero-order valence-corrected chi connectivity index (χ0v) is 17.6. The minimum Gasteiger partial charge on any atom is -0.493 e. The molecule has 0 bridgehead atoms. The molecule has 0 radical (unpaired) electrons. The molecule has 1 saturated heterocycles. The van der Waals surface area contributed by atoms with Crippen LogP contribution < -0.4 is 14.4 Å². The van der Waals surface area contributed by atoms with Crippen molar-refractivity contribution in [1.29, 1.82) is 0 Å². The second kappa shape index (κ2) is 9.18. The van der Waals surface area contributed by atoms with E-state index in [2.05, 4.69) is 0 Å². The van der Waals surface area contributed by atoms with E-state index in [9.17, 15) is 9.59 Å². The molecule has 1 unspecified atom stereocenters. The van der Waals surface area contributed by atoms with E-state index in [1.807, 2.05) is 25.1 Å². The lowest BCUT2D eigenvalue weighted by Crippen LogP contribution is -2.37. The first-order valence-corrected chi connectivity index (χ1v) is 9.90. The van der Waals surface area contributed by atoms with Gasteiger partial charge in [0.25, 0.3) is 0 Å². The van der Waals surface area contributed by atoms with Gasteiger partial charge in [-0.3, -0.25) is 9.59 Å². The highest BCUT2D eigenvalue weighted by Crippen LogP contribution is 2.34. The van der Waals surface area contributed by atoms with Gasteiger partial charge in [0.15, 0.2) is 11.5 Å². The molecule has 1 fully saturated rings. The highest BCUT2D eigenvalue weighted by molar-refractivity contribution is 6.30. The number of nitrogens with zero attached hydrogens (tertiary/aromatic N) is 2. The third-order valence-corrected chi connectivity index (χ3v) is 5.34. The molecule has 2 aromatic rings. The van der Waals surface area contributed by atoms with Crippen LogP contribution in [0, 0.1) is 5.92 Å². The molecule has 0 saturated carbocycles. The number of amides is 2. The highest BCUT2D eigenvalue weighted by Gasteiger charge is 2.37. The van der Waals surface area contributed by atoms with Crippen molar-refractivity contribution < 1.29 is 19.1 Å². The lowest BCUT2D eigenvalue weighted by Gasteiger charge is -2.24. The maximum atomic E-state index is 13.1. The fraction of sp³-hybridized carbons (Fsp3) is 0.364. The number of carbonyl (C=O) groups is 2. The predicted molar refractivity (Wildman–Crippen MR) is 113 cm³/mol. The van der Waals surface area contributed by atoms with Crippen molar-refractivity contribution in [3.05, 3.63) is 53.1 Å². The first kappa shape index (κ1) is 21.0. The number of methoxy groups -OCH3 is 2. The Hall–Kier alpha value is -2.73. The molecule has 1 atom stereocenters. The summed E-state index contributed by atoms with van der Waals surface area (Å²) in [7, 11) is 3.11. The molecule has 2 amide bonds. The Labute approximate surface area is 176 Å². The van der Waals surface area contributed by atoms with Crippen molar-refractivity contribution in [2.75, 3.05) is 32.2 Å². The van der Waals surface area contributed by atoms with Gasteiger partial charge in [-0.15, -0.1) is 0 Å². The van der Waals surface area contributed by atoms with E-state index in [1.54, 1.807) is 48.3 Å². The van der Waals surface area contributed by atoms with E-state index < -0.39 is 0 Å². The topological polar surface area (TPSA) is 59.1 Å². The Bertz CT molecular complexity index is 902. The third-order valence-electron chi connectivity index (χ3n) is 5.11. The summed E-state index contributed by atoms with van der Waals surface area (Å²) in [5.41, 5.74) is 1.66. The van der Waals surface area contributed by atoms with Crippen LogP contribution in [0.25, 0.3) is 0 Å². The van der Waals surface area contributed by atoms with Crippen LogP contribution in [-0.4, -0.2) is 44.0 Å². The zero-order valence-electron chi connectivity index (χ0n) is 16.9. The molecule has 6 nitrogen and oxygen atoms in total. The monoisotopic (exact) mass is 416 g/mol. The van der Waals surface area contributed by atoms with Crippen LogP contribution >= 0.6 is 11.6 Å². The molecule has 1 aliphatic rings. The van der Waals surface area contributed by atoms with Gasteiger partial charge in [-0.2, -0.15) is 0 Å². The summed E-state index contributed by atoms with van der Waals surface area (Å²) >= 11 is 6.06. The number of rotatable bonds is 7. The SMILES string of the molecule is CCN(Cc1cccc(Cl)c1)C(=O)C1CC(=O)N(c2ccc(OC)c(OC)c2)C1. The average molecular weight is 417 g/mol. The molecule has 0 aromatic heterocycles.